The van der Waals surface area contributed by atoms with Crippen molar-refractivity contribution in [3.8, 4) is 0 Å². The highest BCUT2D eigenvalue weighted by molar-refractivity contribution is 5.80. The van der Waals surface area contributed by atoms with Crippen molar-refractivity contribution in [3.05, 3.63) is 35.6 Å². The van der Waals surface area contributed by atoms with Crippen LogP contribution in [0.4, 0.5) is 4.39 Å². The molecular weight excluding hydrogens is 331 g/mol. The molecule has 0 bridgehead atoms. The summed E-state index contributed by atoms with van der Waals surface area (Å²) in [5.41, 5.74) is 0.822. The van der Waals surface area contributed by atoms with Crippen molar-refractivity contribution >= 4 is 11.8 Å². The molecule has 2 fully saturated rings. The second-order valence-corrected chi connectivity index (χ2v) is 7.61. The Morgan fingerprint density at radius 2 is 1.46 bits per heavy atom. The number of carbonyl (C=O) groups is 2. The first-order chi connectivity index (χ1) is 12.6. The zero-order valence-corrected chi connectivity index (χ0v) is 15.5. The molecule has 0 spiro atoms. The molecule has 142 valence electrons. The number of hydrogen-bond acceptors (Lipinski definition) is 2. The topological polar surface area (TPSA) is 40.6 Å². The highest BCUT2D eigenvalue weighted by Crippen LogP contribution is 2.27. The zero-order chi connectivity index (χ0) is 18.4. The molecule has 1 aliphatic heterocycles. The van der Waals surface area contributed by atoms with E-state index >= 15 is 0 Å². The van der Waals surface area contributed by atoms with Gasteiger partial charge in [-0.25, -0.2) is 4.39 Å². The molecule has 0 N–H and O–H groups in total. The molecule has 5 heteroatoms. The Hall–Kier alpha value is -1.91. The van der Waals surface area contributed by atoms with Crippen LogP contribution in [-0.2, 0) is 16.0 Å². The Balaban J connectivity index is 1.39. The van der Waals surface area contributed by atoms with E-state index in [9.17, 15) is 14.0 Å². The van der Waals surface area contributed by atoms with Crippen molar-refractivity contribution in [1.82, 2.24) is 9.80 Å². The monoisotopic (exact) mass is 360 g/mol. The van der Waals surface area contributed by atoms with E-state index in [1.165, 1.54) is 44.2 Å². The van der Waals surface area contributed by atoms with Gasteiger partial charge in [-0.1, -0.05) is 44.2 Å². The van der Waals surface area contributed by atoms with E-state index in [4.69, 9.17) is 0 Å². The normalized spacial score (nSPS) is 18.8. The van der Waals surface area contributed by atoms with Crippen LogP contribution < -0.4 is 0 Å². The van der Waals surface area contributed by atoms with Gasteiger partial charge in [0, 0.05) is 32.6 Å². The van der Waals surface area contributed by atoms with Crippen LogP contribution in [0.3, 0.4) is 0 Å². The molecule has 1 aromatic carbocycles. The van der Waals surface area contributed by atoms with Gasteiger partial charge in [-0.3, -0.25) is 9.59 Å². The number of hydrogen-bond donors (Lipinski definition) is 0. The fourth-order valence-corrected chi connectivity index (χ4v) is 4.06. The molecule has 1 aliphatic carbocycles. The smallest absolute Gasteiger partial charge is 0.227 e. The first kappa shape index (κ1) is 18.9. The van der Waals surface area contributed by atoms with Crippen LogP contribution in [0.25, 0.3) is 0 Å². The van der Waals surface area contributed by atoms with Crippen molar-refractivity contribution in [2.24, 2.45) is 5.92 Å². The van der Waals surface area contributed by atoms with Gasteiger partial charge in [0.1, 0.15) is 5.82 Å². The fraction of sp³-hybridized carbons (Fsp3) is 0.619. The molecule has 1 saturated heterocycles. The van der Waals surface area contributed by atoms with Crippen molar-refractivity contribution in [2.75, 3.05) is 26.2 Å². The third-order valence-corrected chi connectivity index (χ3v) is 5.74. The lowest BCUT2D eigenvalue weighted by atomic mass is 9.86. The van der Waals surface area contributed by atoms with Gasteiger partial charge in [0.25, 0.3) is 0 Å². The largest absolute Gasteiger partial charge is 0.339 e. The molecule has 1 heterocycles. The van der Waals surface area contributed by atoms with Gasteiger partial charge in [-0.05, 0) is 30.0 Å². The Morgan fingerprint density at radius 3 is 2.08 bits per heavy atom. The van der Waals surface area contributed by atoms with Crippen LogP contribution >= 0.6 is 0 Å². The van der Waals surface area contributed by atoms with E-state index in [0.29, 0.717) is 32.6 Å². The minimum absolute atomic E-state index is 0.0471. The molecular formula is C21H29FN2O2. The number of piperazine rings is 1. The number of rotatable bonds is 5. The summed E-state index contributed by atoms with van der Waals surface area (Å²) in [5.74, 6) is 0.722. The van der Waals surface area contributed by atoms with Gasteiger partial charge < -0.3 is 9.80 Å². The van der Waals surface area contributed by atoms with E-state index in [1.807, 2.05) is 9.80 Å². The minimum atomic E-state index is -0.290. The van der Waals surface area contributed by atoms with E-state index in [-0.39, 0.29) is 24.1 Å². The average Bonchev–Trinajstić information content (AvgIpc) is 2.69. The van der Waals surface area contributed by atoms with Crippen LogP contribution in [0.15, 0.2) is 24.3 Å². The number of carbonyl (C=O) groups excluding carboxylic acids is 2. The number of nitrogens with zero attached hydrogens (tertiary/aromatic N) is 2. The predicted molar refractivity (Wildman–Crippen MR) is 99.1 cm³/mol. The Labute approximate surface area is 155 Å². The molecule has 0 unspecified atom stereocenters. The van der Waals surface area contributed by atoms with Gasteiger partial charge in [-0.2, -0.15) is 0 Å². The summed E-state index contributed by atoms with van der Waals surface area (Å²) >= 11 is 0. The van der Waals surface area contributed by atoms with Crippen molar-refractivity contribution in [2.45, 2.75) is 51.4 Å². The number of benzene rings is 1. The van der Waals surface area contributed by atoms with Crippen LogP contribution in [0.1, 0.15) is 50.5 Å². The lowest BCUT2D eigenvalue weighted by molar-refractivity contribution is -0.139. The Kier molecular flexibility index (Phi) is 6.64. The second-order valence-electron chi connectivity index (χ2n) is 7.61. The summed E-state index contributed by atoms with van der Waals surface area (Å²) in [7, 11) is 0. The Morgan fingerprint density at radius 1 is 0.885 bits per heavy atom. The zero-order valence-electron chi connectivity index (χ0n) is 15.5. The molecule has 4 nitrogen and oxygen atoms in total. The standard InChI is InChI=1S/C21H29FN2O2/c22-19-9-6-18(7-10-19)16-21(26)24-14-12-23(13-15-24)20(25)11-8-17-4-2-1-3-5-17/h6-7,9-10,17H,1-5,8,11-16H2. The lowest BCUT2D eigenvalue weighted by Gasteiger charge is -2.35. The molecule has 1 aromatic rings. The summed E-state index contributed by atoms with van der Waals surface area (Å²) < 4.78 is 12.9. The molecule has 0 atom stereocenters. The highest BCUT2D eigenvalue weighted by atomic mass is 19.1. The highest BCUT2D eigenvalue weighted by Gasteiger charge is 2.24. The van der Waals surface area contributed by atoms with Crippen LogP contribution in [0.2, 0.25) is 0 Å². The minimum Gasteiger partial charge on any atom is -0.339 e. The van der Waals surface area contributed by atoms with Gasteiger partial charge in [0.15, 0.2) is 0 Å². The molecule has 1 saturated carbocycles. The van der Waals surface area contributed by atoms with Gasteiger partial charge in [-0.15, -0.1) is 0 Å². The average molecular weight is 360 g/mol. The second kappa shape index (κ2) is 9.15. The third-order valence-electron chi connectivity index (χ3n) is 5.74. The van der Waals surface area contributed by atoms with Crippen molar-refractivity contribution in [1.29, 1.82) is 0 Å². The van der Waals surface area contributed by atoms with E-state index in [1.54, 1.807) is 12.1 Å². The first-order valence-electron chi connectivity index (χ1n) is 9.92. The summed E-state index contributed by atoms with van der Waals surface area (Å²) in [6.07, 6.45) is 8.48. The Bertz CT molecular complexity index is 603. The maximum Gasteiger partial charge on any atom is 0.227 e. The van der Waals surface area contributed by atoms with Gasteiger partial charge >= 0.3 is 0 Å². The maximum absolute atomic E-state index is 12.9. The van der Waals surface area contributed by atoms with Gasteiger partial charge in [0.2, 0.25) is 11.8 Å². The molecule has 2 aliphatic rings. The quantitative estimate of drug-likeness (QED) is 0.807. The lowest BCUT2D eigenvalue weighted by Crippen LogP contribution is -2.51. The number of halogens is 1. The molecule has 26 heavy (non-hydrogen) atoms. The third kappa shape index (κ3) is 5.29. The summed E-state index contributed by atoms with van der Waals surface area (Å²) in [5, 5.41) is 0. The summed E-state index contributed by atoms with van der Waals surface area (Å²) in [6, 6.07) is 6.06. The van der Waals surface area contributed by atoms with Crippen molar-refractivity contribution < 1.29 is 14.0 Å². The summed E-state index contributed by atoms with van der Waals surface area (Å²) in [4.78, 5) is 28.5. The van der Waals surface area contributed by atoms with E-state index in [0.717, 1.165) is 17.9 Å². The number of amides is 2. The molecule has 2 amide bonds. The maximum atomic E-state index is 12.9. The van der Waals surface area contributed by atoms with Crippen LogP contribution in [0, 0.1) is 11.7 Å². The van der Waals surface area contributed by atoms with Crippen LogP contribution in [-0.4, -0.2) is 47.8 Å². The van der Waals surface area contributed by atoms with Crippen molar-refractivity contribution in [3.63, 3.8) is 0 Å². The SMILES string of the molecule is O=C(CCC1CCCCC1)N1CCN(C(=O)Cc2ccc(F)cc2)CC1. The van der Waals surface area contributed by atoms with E-state index in [2.05, 4.69) is 0 Å². The summed E-state index contributed by atoms with van der Waals surface area (Å²) in [6.45, 7) is 2.43. The predicted octanol–water partition coefficient (Wildman–Crippen LogP) is 3.40. The molecule has 0 aromatic heterocycles. The van der Waals surface area contributed by atoms with Gasteiger partial charge in [0.05, 0.1) is 6.42 Å². The first-order valence-corrected chi connectivity index (χ1v) is 9.92. The fourth-order valence-electron chi connectivity index (χ4n) is 4.06. The van der Waals surface area contributed by atoms with Crippen LogP contribution in [0.5, 0.6) is 0 Å². The molecule has 3 rings (SSSR count). The molecule has 0 radical (unpaired) electrons. The van der Waals surface area contributed by atoms with E-state index < -0.39 is 0 Å².